The minimum absolute atomic E-state index is 0.0598. The average Bonchev–Trinajstić information content (AvgIpc) is 3.40. The second-order valence-electron chi connectivity index (χ2n) is 8.94. The van der Waals surface area contributed by atoms with E-state index in [1.165, 1.54) is 19.1 Å². The van der Waals surface area contributed by atoms with Crippen LogP contribution >= 0.6 is 11.5 Å². The summed E-state index contributed by atoms with van der Waals surface area (Å²) in [5.74, 6) is -0.544. The number of carbonyl (C=O) groups excluding carboxylic acids is 3. The zero-order valence-electron chi connectivity index (χ0n) is 20.9. The van der Waals surface area contributed by atoms with Crippen LogP contribution in [0, 0.1) is 6.92 Å². The second-order valence-corrected chi connectivity index (χ2v) is 9.72. The molecule has 2 aromatic heterocycles. The Balaban J connectivity index is 2.27. The largest absolute Gasteiger partial charge is 0.493 e. The quantitative estimate of drug-likeness (QED) is 0.412. The summed E-state index contributed by atoms with van der Waals surface area (Å²) >= 11 is 0.711. The smallest absolute Gasteiger partial charge is 0.273 e. The molecular formula is C24H29N5O6S. The Bertz CT molecular complexity index is 1290. The highest BCUT2D eigenvalue weighted by atomic mass is 32.1. The lowest BCUT2D eigenvalue weighted by atomic mass is 10.0. The summed E-state index contributed by atoms with van der Waals surface area (Å²) in [7, 11) is 2.93. The summed E-state index contributed by atoms with van der Waals surface area (Å²) in [5.41, 5.74) is 10.7. The highest BCUT2D eigenvalue weighted by Gasteiger charge is 2.39. The number of primary amides is 1. The van der Waals surface area contributed by atoms with Crippen LogP contribution in [-0.4, -0.2) is 41.9 Å². The van der Waals surface area contributed by atoms with Gasteiger partial charge < -0.3 is 30.7 Å². The predicted octanol–water partition coefficient (Wildman–Crippen LogP) is 3.05. The van der Waals surface area contributed by atoms with E-state index in [0.29, 0.717) is 28.8 Å². The van der Waals surface area contributed by atoms with Crippen LogP contribution in [0.2, 0.25) is 0 Å². The first-order valence-electron chi connectivity index (χ1n) is 10.9. The van der Waals surface area contributed by atoms with Crippen LogP contribution in [0.25, 0.3) is 0 Å². The maximum absolute atomic E-state index is 14.0. The van der Waals surface area contributed by atoms with Crippen molar-refractivity contribution in [2.24, 2.45) is 5.73 Å². The number of furan rings is 1. The van der Waals surface area contributed by atoms with E-state index < -0.39 is 29.3 Å². The Kier molecular flexibility index (Phi) is 7.58. The number of nitrogens with two attached hydrogens (primary N) is 2. The lowest BCUT2D eigenvalue weighted by Gasteiger charge is -2.32. The standard InChI is InChI=1S/C24H29N5O6S/c1-12-7-9-15(35-12)19(22(31)27-24(2,3)4)29(13-8-10-14(33-5)16(11-13)34-6)23(32)20-17(25)18(21(26)30)28-36-20/h7-11,19H,25H2,1-6H3,(H2,26,30)(H,27,31)/t19-/m1/s1. The number of ether oxygens (including phenoxy) is 2. The van der Waals surface area contributed by atoms with Crippen molar-refractivity contribution >= 4 is 40.6 Å². The zero-order valence-corrected chi connectivity index (χ0v) is 21.7. The lowest BCUT2D eigenvalue weighted by Crippen LogP contribution is -2.49. The van der Waals surface area contributed by atoms with Gasteiger partial charge in [-0.25, -0.2) is 0 Å². The van der Waals surface area contributed by atoms with Gasteiger partial charge in [0.15, 0.2) is 23.2 Å². The van der Waals surface area contributed by atoms with Crippen molar-refractivity contribution in [1.82, 2.24) is 9.69 Å². The number of methoxy groups -OCH3 is 2. The summed E-state index contributed by atoms with van der Waals surface area (Å²) in [6.07, 6.45) is 0. The number of benzene rings is 1. The molecule has 0 unspecified atom stereocenters. The average molecular weight is 516 g/mol. The van der Waals surface area contributed by atoms with Gasteiger partial charge in [-0.15, -0.1) is 0 Å². The molecule has 0 aliphatic carbocycles. The van der Waals surface area contributed by atoms with Gasteiger partial charge in [0.05, 0.1) is 19.9 Å². The van der Waals surface area contributed by atoms with E-state index in [9.17, 15) is 14.4 Å². The van der Waals surface area contributed by atoms with Crippen molar-refractivity contribution in [2.45, 2.75) is 39.3 Å². The van der Waals surface area contributed by atoms with Crippen LogP contribution in [0.1, 0.15) is 58.5 Å². The second kappa shape index (κ2) is 10.3. The Morgan fingerprint density at radius 2 is 1.78 bits per heavy atom. The highest BCUT2D eigenvalue weighted by Crippen LogP contribution is 2.38. The number of hydrogen-bond donors (Lipinski definition) is 3. The molecule has 3 aromatic rings. The molecule has 0 spiro atoms. The summed E-state index contributed by atoms with van der Waals surface area (Å²) in [4.78, 5) is 40.6. The minimum atomic E-state index is -1.25. The molecule has 0 saturated heterocycles. The minimum Gasteiger partial charge on any atom is -0.493 e. The van der Waals surface area contributed by atoms with E-state index in [1.54, 1.807) is 37.3 Å². The SMILES string of the molecule is COc1ccc(N(C(=O)c2snc(C(N)=O)c2N)[C@@H](C(=O)NC(C)(C)C)c2ccc(C)o2)cc1OC. The molecule has 0 fully saturated rings. The van der Waals surface area contributed by atoms with Crippen molar-refractivity contribution in [3.63, 3.8) is 0 Å². The lowest BCUT2D eigenvalue weighted by molar-refractivity contribution is -0.124. The third-order valence-corrected chi connectivity index (χ3v) is 5.91. The van der Waals surface area contributed by atoms with Gasteiger partial charge in [-0.1, -0.05) is 0 Å². The third-order valence-electron chi connectivity index (χ3n) is 5.06. The Hall–Kier alpha value is -4.06. The van der Waals surface area contributed by atoms with E-state index >= 15 is 0 Å². The van der Waals surface area contributed by atoms with E-state index in [4.69, 9.17) is 25.4 Å². The van der Waals surface area contributed by atoms with Gasteiger partial charge >= 0.3 is 0 Å². The van der Waals surface area contributed by atoms with Crippen molar-refractivity contribution in [2.75, 3.05) is 24.9 Å². The molecule has 0 aliphatic heterocycles. The van der Waals surface area contributed by atoms with Crippen LogP contribution in [0.4, 0.5) is 11.4 Å². The number of aromatic nitrogens is 1. The van der Waals surface area contributed by atoms with Gasteiger partial charge in [0.1, 0.15) is 16.4 Å². The summed E-state index contributed by atoms with van der Waals surface area (Å²) in [6, 6.07) is 6.81. The molecule has 0 aliphatic rings. The van der Waals surface area contributed by atoms with Crippen molar-refractivity contribution < 1.29 is 28.3 Å². The topological polar surface area (TPSA) is 163 Å². The summed E-state index contributed by atoms with van der Waals surface area (Å²) in [6.45, 7) is 7.18. The number of rotatable bonds is 8. The first-order chi connectivity index (χ1) is 16.9. The van der Waals surface area contributed by atoms with Crippen LogP contribution in [0.3, 0.4) is 0 Å². The van der Waals surface area contributed by atoms with E-state index in [-0.39, 0.29) is 27.7 Å². The predicted molar refractivity (Wildman–Crippen MR) is 135 cm³/mol. The van der Waals surface area contributed by atoms with Gasteiger partial charge in [-0.05, 0) is 63.5 Å². The van der Waals surface area contributed by atoms with Gasteiger partial charge in [0.2, 0.25) is 0 Å². The molecule has 0 saturated carbocycles. The molecule has 11 nitrogen and oxygen atoms in total. The van der Waals surface area contributed by atoms with E-state index in [0.717, 1.165) is 0 Å². The Labute approximate surface area is 212 Å². The number of nitrogen functional groups attached to an aromatic ring is 1. The monoisotopic (exact) mass is 515 g/mol. The van der Waals surface area contributed by atoms with Gasteiger partial charge in [0.25, 0.3) is 17.7 Å². The van der Waals surface area contributed by atoms with E-state index in [1.807, 2.05) is 20.8 Å². The van der Waals surface area contributed by atoms with Gasteiger partial charge in [-0.3, -0.25) is 19.3 Å². The summed E-state index contributed by atoms with van der Waals surface area (Å²) in [5, 5.41) is 2.91. The molecule has 12 heteroatoms. The number of nitrogens with one attached hydrogen (secondary N) is 1. The molecule has 1 atom stereocenters. The fourth-order valence-electron chi connectivity index (χ4n) is 3.51. The molecule has 3 rings (SSSR count). The van der Waals surface area contributed by atoms with Crippen LogP contribution < -0.4 is 31.2 Å². The molecule has 192 valence electrons. The first kappa shape index (κ1) is 26.5. The molecule has 3 amide bonds. The number of nitrogens with zero attached hydrogens (tertiary/aromatic N) is 2. The first-order valence-corrected chi connectivity index (χ1v) is 11.6. The number of amides is 3. The van der Waals surface area contributed by atoms with Gasteiger partial charge in [-0.2, -0.15) is 4.37 Å². The summed E-state index contributed by atoms with van der Waals surface area (Å²) < 4.78 is 20.5. The molecule has 0 radical (unpaired) electrons. The van der Waals surface area contributed by atoms with Crippen LogP contribution in [-0.2, 0) is 4.79 Å². The van der Waals surface area contributed by atoms with E-state index in [2.05, 4.69) is 9.69 Å². The fraction of sp³-hybridized carbons (Fsp3) is 0.333. The molecule has 2 heterocycles. The number of hydrogen-bond acceptors (Lipinski definition) is 9. The maximum Gasteiger partial charge on any atom is 0.273 e. The molecular weight excluding hydrogens is 486 g/mol. The van der Waals surface area contributed by atoms with Crippen molar-refractivity contribution in [3.05, 3.63) is 52.4 Å². The number of anilines is 2. The molecule has 0 bridgehead atoms. The number of carbonyl (C=O) groups is 3. The highest BCUT2D eigenvalue weighted by molar-refractivity contribution is 7.09. The maximum atomic E-state index is 14.0. The van der Waals surface area contributed by atoms with Crippen LogP contribution in [0.15, 0.2) is 34.7 Å². The molecule has 36 heavy (non-hydrogen) atoms. The van der Waals surface area contributed by atoms with Crippen LogP contribution in [0.5, 0.6) is 11.5 Å². The molecule has 5 N–H and O–H groups in total. The normalized spacial score (nSPS) is 12.1. The Morgan fingerprint density at radius 3 is 2.28 bits per heavy atom. The fourth-order valence-corrected chi connectivity index (χ4v) is 4.25. The van der Waals surface area contributed by atoms with Gasteiger partial charge in [0, 0.05) is 17.3 Å². The van der Waals surface area contributed by atoms with Crippen molar-refractivity contribution in [1.29, 1.82) is 0 Å². The van der Waals surface area contributed by atoms with Crippen molar-refractivity contribution in [3.8, 4) is 11.5 Å². The molecule has 1 aromatic carbocycles. The zero-order chi connectivity index (χ0) is 26.8. The number of aryl methyl sites for hydroxylation is 1. The third kappa shape index (κ3) is 5.43. The Morgan fingerprint density at radius 1 is 1.11 bits per heavy atom.